The van der Waals surface area contributed by atoms with Crippen LogP contribution >= 0.6 is 23.2 Å². The molecule has 0 bridgehead atoms. The second-order valence-corrected chi connectivity index (χ2v) is 8.95. The van der Waals surface area contributed by atoms with E-state index < -0.39 is 5.97 Å². The molecular weight excluding hydrogens is 467 g/mol. The van der Waals surface area contributed by atoms with Crippen LogP contribution < -0.4 is 15.4 Å². The number of carbonyl (C=O) groups excluding carboxylic acids is 2. The largest absolute Gasteiger partial charge is 0.490 e. The van der Waals surface area contributed by atoms with Crippen molar-refractivity contribution in [2.45, 2.75) is 38.7 Å². The highest BCUT2D eigenvalue weighted by Gasteiger charge is 2.27. The SMILES string of the molecule is Cc1cc(OC2CCC(C(=O)O)CC2)ccc1C(=O)NCCNC(=O)c1cc(Cl)cc(Cl)c1. The standard InChI is InChI=1S/C24H26Cl2N2O5/c1-14-10-20(33-19-4-2-15(3-5-19)24(31)32)6-7-21(14)23(30)28-9-8-27-22(29)16-11-17(25)13-18(26)12-16/h6-7,10-13,15,19H,2-5,8-9H2,1H3,(H,27,29)(H,28,30)(H,31,32). The first-order valence-electron chi connectivity index (χ1n) is 10.8. The molecule has 7 nitrogen and oxygen atoms in total. The van der Waals surface area contributed by atoms with Gasteiger partial charge in [-0.2, -0.15) is 0 Å². The Hall–Kier alpha value is -2.77. The lowest BCUT2D eigenvalue weighted by atomic mass is 9.87. The summed E-state index contributed by atoms with van der Waals surface area (Å²) >= 11 is 11.8. The fourth-order valence-electron chi connectivity index (χ4n) is 3.82. The second-order valence-electron chi connectivity index (χ2n) is 8.08. The van der Waals surface area contributed by atoms with Crippen LogP contribution in [-0.4, -0.2) is 42.1 Å². The van der Waals surface area contributed by atoms with Crippen molar-refractivity contribution >= 4 is 41.0 Å². The summed E-state index contributed by atoms with van der Waals surface area (Å²) in [5, 5.41) is 15.3. The number of nitrogens with one attached hydrogen (secondary N) is 2. The molecule has 1 fully saturated rings. The molecule has 0 unspecified atom stereocenters. The van der Waals surface area contributed by atoms with Crippen LogP contribution in [0.5, 0.6) is 5.75 Å². The van der Waals surface area contributed by atoms with Crippen LogP contribution in [0.4, 0.5) is 0 Å². The van der Waals surface area contributed by atoms with Crippen LogP contribution in [0.2, 0.25) is 10.0 Å². The van der Waals surface area contributed by atoms with Crippen LogP contribution in [0.1, 0.15) is 52.0 Å². The molecule has 0 radical (unpaired) electrons. The van der Waals surface area contributed by atoms with Crippen molar-refractivity contribution in [2.75, 3.05) is 13.1 Å². The lowest BCUT2D eigenvalue weighted by molar-refractivity contribution is -0.143. The van der Waals surface area contributed by atoms with E-state index in [2.05, 4.69) is 10.6 Å². The fraction of sp³-hybridized carbons (Fsp3) is 0.375. The third kappa shape index (κ3) is 7.11. The Kier molecular flexibility index (Phi) is 8.58. The summed E-state index contributed by atoms with van der Waals surface area (Å²) in [6.07, 6.45) is 2.61. The van der Waals surface area contributed by atoms with E-state index in [0.29, 0.717) is 52.6 Å². The molecular formula is C24H26Cl2N2O5. The molecule has 0 saturated heterocycles. The Labute approximate surface area is 202 Å². The number of aryl methyl sites for hydroxylation is 1. The monoisotopic (exact) mass is 492 g/mol. The molecule has 2 aromatic carbocycles. The average molecular weight is 493 g/mol. The third-order valence-corrected chi connectivity index (χ3v) is 6.03. The Bertz CT molecular complexity index is 1020. The summed E-state index contributed by atoms with van der Waals surface area (Å²) in [5.74, 6) is -0.945. The maximum atomic E-state index is 12.5. The lowest BCUT2D eigenvalue weighted by Gasteiger charge is -2.27. The minimum atomic E-state index is -0.743. The quantitative estimate of drug-likeness (QED) is 0.471. The molecule has 3 N–H and O–H groups in total. The van der Waals surface area contributed by atoms with Gasteiger partial charge in [-0.1, -0.05) is 23.2 Å². The molecule has 33 heavy (non-hydrogen) atoms. The Morgan fingerprint density at radius 3 is 2.12 bits per heavy atom. The first-order chi connectivity index (χ1) is 15.7. The van der Waals surface area contributed by atoms with Crippen molar-refractivity contribution in [1.82, 2.24) is 10.6 Å². The molecule has 1 aliphatic rings. The number of benzene rings is 2. The molecule has 9 heteroatoms. The molecule has 176 valence electrons. The predicted octanol–water partition coefficient (Wildman–Crippen LogP) is 4.48. The maximum Gasteiger partial charge on any atom is 0.306 e. The van der Waals surface area contributed by atoms with Crippen molar-refractivity contribution < 1.29 is 24.2 Å². The zero-order valence-corrected chi connectivity index (χ0v) is 19.7. The van der Waals surface area contributed by atoms with E-state index in [9.17, 15) is 14.4 Å². The summed E-state index contributed by atoms with van der Waals surface area (Å²) in [7, 11) is 0. The zero-order valence-electron chi connectivity index (χ0n) is 18.2. The number of carboxylic acid groups (broad SMARTS) is 1. The van der Waals surface area contributed by atoms with E-state index in [1.807, 2.05) is 13.0 Å². The summed E-state index contributed by atoms with van der Waals surface area (Å²) in [4.78, 5) is 35.8. The van der Waals surface area contributed by atoms with Crippen molar-refractivity contribution in [3.05, 3.63) is 63.1 Å². The Morgan fingerprint density at radius 1 is 0.939 bits per heavy atom. The Balaban J connectivity index is 1.45. The predicted molar refractivity (Wildman–Crippen MR) is 126 cm³/mol. The molecule has 1 saturated carbocycles. The van der Waals surface area contributed by atoms with Gasteiger partial charge >= 0.3 is 5.97 Å². The Morgan fingerprint density at radius 2 is 1.55 bits per heavy atom. The van der Waals surface area contributed by atoms with Crippen LogP contribution in [0.25, 0.3) is 0 Å². The number of carboxylic acids is 1. The van der Waals surface area contributed by atoms with Gasteiger partial charge in [0.1, 0.15) is 5.75 Å². The van der Waals surface area contributed by atoms with Crippen molar-refractivity contribution in [3.8, 4) is 5.75 Å². The number of carbonyl (C=O) groups is 3. The number of halogens is 2. The van der Waals surface area contributed by atoms with E-state index in [4.69, 9.17) is 33.0 Å². The smallest absolute Gasteiger partial charge is 0.306 e. The number of hydrogen-bond donors (Lipinski definition) is 3. The van der Waals surface area contributed by atoms with Gasteiger partial charge < -0.3 is 20.5 Å². The normalized spacial score (nSPS) is 17.8. The fourth-order valence-corrected chi connectivity index (χ4v) is 4.34. The maximum absolute atomic E-state index is 12.5. The van der Waals surface area contributed by atoms with Crippen LogP contribution in [0.3, 0.4) is 0 Å². The van der Waals surface area contributed by atoms with E-state index in [1.165, 1.54) is 12.1 Å². The molecule has 0 aromatic heterocycles. The minimum absolute atomic E-state index is 0.0161. The first-order valence-corrected chi connectivity index (χ1v) is 11.5. The summed E-state index contributed by atoms with van der Waals surface area (Å²) in [5.41, 5.74) is 1.63. The number of rotatable bonds is 8. The zero-order chi connectivity index (χ0) is 24.0. The number of hydrogen-bond acceptors (Lipinski definition) is 4. The van der Waals surface area contributed by atoms with E-state index >= 15 is 0 Å². The molecule has 3 rings (SSSR count). The highest BCUT2D eigenvalue weighted by atomic mass is 35.5. The molecule has 0 heterocycles. The van der Waals surface area contributed by atoms with Crippen molar-refractivity contribution in [2.24, 2.45) is 5.92 Å². The van der Waals surface area contributed by atoms with Gasteiger partial charge in [-0.05, 0) is 74.6 Å². The van der Waals surface area contributed by atoms with E-state index in [1.54, 1.807) is 18.2 Å². The van der Waals surface area contributed by atoms with E-state index in [0.717, 1.165) is 5.56 Å². The molecule has 2 amide bonds. The van der Waals surface area contributed by atoms with Gasteiger partial charge in [-0.15, -0.1) is 0 Å². The number of amides is 2. The van der Waals surface area contributed by atoms with Gasteiger partial charge in [-0.25, -0.2) is 0 Å². The average Bonchev–Trinajstić information content (AvgIpc) is 2.76. The molecule has 0 atom stereocenters. The van der Waals surface area contributed by atoms with Crippen LogP contribution in [-0.2, 0) is 4.79 Å². The van der Waals surface area contributed by atoms with Gasteiger partial charge in [0.05, 0.1) is 12.0 Å². The van der Waals surface area contributed by atoms with Gasteiger partial charge in [-0.3, -0.25) is 14.4 Å². The van der Waals surface area contributed by atoms with E-state index in [-0.39, 0.29) is 36.9 Å². The summed E-state index contributed by atoms with van der Waals surface area (Å²) in [6.45, 7) is 2.32. The van der Waals surface area contributed by atoms with Gasteiger partial charge in [0.2, 0.25) is 0 Å². The molecule has 0 spiro atoms. The van der Waals surface area contributed by atoms with Crippen molar-refractivity contribution in [1.29, 1.82) is 0 Å². The number of ether oxygens (including phenoxy) is 1. The summed E-state index contributed by atoms with van der Waals surface area (Å²) in [6, 6.07) is 9.84. The third-order valence-electron chi connectivity index (χ3n) is 5.59. The van der Waals surface area contributed by atoms with Gasteiger partial charge in [0, 0.05) is 34.3 Å². The minimum Gasteiger partial charge on any atom is -0.490 e. The molecule has 1 aliphatic carbocycles. The van der Waals surface area contributed by atoms with Crippen LogP contribution in [0, 0.1) is 12.8 Å². The lowest BCUT2D eigenvalue weighted by Crippen LogP contribution is -2.35. The summed E-state index contributed by atoms with van der Waals surface area (Å²) < 4.78 is 5.99. The second kappa shape index (κ2) is 11.4. The van der Waals surface area contributed by atoms with Gasteiger partial charge in [0.25, 0.3) is 11.8 Å². The highest BCUT2D eigenvalue weighted by Crippen LogP contribution is 2.28. The first kappa shape index (κ1) is 24.9. The molecule has 2 aromatic rings. The topological polar surface area (TPSA) is 105 Å². The van der Waals surface area contributed by atoms with Crippen LogP contribution in [0.15, 0.2) is 36.4 Å². The van der Waals surface area contributed by atoms with Gasteiger partial charge in [0.15, 0.2) is 0 Å². The number of aliphatic carboxylic acids is 1. The van der Waals surface area contributed by atoms with Crippen molar-refractivity contribution in [3.63, 3.8) is 0 Å². The molecule has 0 aliphatic heterocycles. The highest BCUT2D eigenvalue weighted by molar-refractivity contribution is 6.35.